The number of hydrogen-bond acceptors (Lipinski definition) is 6. The highest BCUT2D eigenvalue weighted by atomic mass is 16.4. The summed E-state index contributed by atoms with van der Waals surface area (Å²) in [5.74, 6) is -1.92. The summed E-state index contributed by atoms with van der Waals surface area (Å²) in [4.78, 5) is 66.8. The molecule has 0 spiro atoms. The number of carboxylic acids is 1. The van der Waals surface area contributed by atoms with Gasteiger partial charge in [-0.15, -0.1) is 0 Å². The van der Waals surface area contributed by atoms with Crippen LogP contribution in [0.5, 0.6) is 0 Å². The van der Waals surface area contributed by atoms with Gasteiger partial charge in [0.2, 0.25) is 17.7 Å². The maximum Gasteiger partial charge on any atom is 0.326 e. The molecule has 0 aromatic heterocycles. The molecule has 0 aliphatic carbocycles. The van der Waals surface area contributed by atoms with Gasteiger partial charge >= 0.3 is 5.97 Å². The molecule has 43 heavy (non-hydrogen) atoms. The highest BCUT2D eigenvalue weighted by Crippen LogP contribution is 2.26. The summed E-state index contributed by atoms with van der Waals surface area (Å²) in [6, 6.07) is 14.0. The van der Waals surface area contributed by atoms with Crippen molar-refractivity contribution in [3.63, 3.8) is 0 Å². The molecule has 4 N–H and O–H groups in total. The van der Waals surface area contributed by atoms with Crippen molar-refractivity contribution in [1.82, 2.24) is 15.1 Å². The fourth-order valence-electron chi connectivity index (χ4n) is 6.03. The number of benzene rings is 2. The summed E-state index contributed by atoms with van der Waals surface area (Å²) in [6.45, 7) is 2.56. The lowest BCUT2D eigenvalue weighted by Gasteiger charge is -2.32. The normalized spacial score (nSPS) is 19.6. The predicted octanol–water partition coefficient (Wildman–Crippen LogP) is 2.26. The van der Waals surface area contributed by atoms with Crippen LogP contribution in [0.3, 0.4) is 0 Å². The topological polar surface area (TPSA) is 150 Å². The molecule has 2 fully saturated rings. The first kappa shape index (κ1) is 31.9. The van der Waals surface area contributed by atoms with Crippen molar-refractivity contribution in [1.29, 1.82) is 0 Å². The minimum absolute atomic E-state index is 0.00503. The van der Waals surface area contributed by atoms with Gasteiger partial charge in [0.25, 0.3) is 0 Å². The molecule has 10 nitrogen and oxygen atoms in total. The molecule has 3 amide bonds. The molecule has 2 aliphatic rings. The van der Waals surface area contributed by atoms with Crippen LogP contribution in [0.15, 0.2) is 54.6 Å². The van der Waals surface area contributed by atoms with Crippen LogP contribution < -0.4 is 11.1 Å². The van der Waals surface area contributed by atoms with Crippen molar-refractivity contribution in [3.05, 3.63) is 71.3 Å². The summed E-state index contributed by atoms with van der Waals surface area (Å²) in [5.41, 5.74) is 9.08. The fourth-order valence-corrected chi connectivity index (χ4v) is 6.03. The van der Waals surface area contributed by atoms with Gasteiger partial charge in [0.15, 0.2) is 0 Å². The van der Waals surface area contributed by atoms with E-state index in [0.717, 1.165) is 16.7 Å². The van der Waals surface area contributed by atoms with E-state index in [0.29, 0.717) is 58.0 Å². The number of nitrogens with two attached hydrogens (primary N) is 1. The van der Waals surface area contributed by atoms with Crippen molar-refractivity contribution in [3.8, 4) is 0 Å². The summed E-state index contributed by atoms with van der Waals surface area (Å²) in [7, 11) is 0. The van der Waals surface area contributed by atoms with Crippen LogP contribution in [0.4, 0.5) is 0 Å². The van der Waals surface area contributed by atoms with Crippen LogP contribution in [-0.4, -0.2) is 81.6 Å². The molecule has 10 heteroatoms. The minimum Gasteiger partial charge on any atom is -0.480 e. The number of nitrogens with zero attached hydrogens (tertiary/aromatic N) is 2. The zero-order valence-electron chi connectivity index (χ0n) is 24.7. The van der Waals surface area contributed by atoms with Gasteiger partial charge in [-0.3, -0.25) is 19.2 Å². The molecule has 2 saturated heterocycles. The number of Topliss-reactive ketones (excluding diaryl/α,β-unsaturated/α-hetero) is 1. The standard InChI is InChI=1S/C33H42N4O6/c1-2-26(38)19-24-14-12-23(13-15-24)18-25(34)21-30(39)35-27(20-22-8-4-3-5-9-22)31(40)36-16-6-10-28(36)32(41)37-17-7-11-29(37)33(42)43/h3-5,8-9,12-15,25,27-29H,2,6-7,10-11,16-21,34H2,1H3,(H,35,39)(H,42,43)/t25-,27-,28-,29-/m0/s1. The number of nitrogens with one attached hydrogen (secondary N) is 1. The Labute approximate surface area is 252 Å². The molecule has 2 heterocycles. The SMILES string of the molecule is CCC(=O)Cc1ccc(C[C@H](N)CC(=O)N[C@@H](Cc2ccccc2)C(=O)N2CCC[C@H]2C(=O)N2CCC[C@H]2C(=O)O)cc1. The zero-order chi connectivity index (χ0) is 30.9. The van der Waals surface area contributed by atoms with Crippen LogP contribution in [0.25, 0.3) is 0 Å². The third-order valence-electron chi connectivity index (χ3n) is 8.32. The second-order valence-corrected chi connectivity index (χ2v) is 11.6. The predicted molar refractivity (Wildman–Crippen MR) is 161 cm³/mol. The number of rotatable bonds is 13. The van der Waals surface area contributed by atoms with E-state index in [4.69, 9.17) is 5.73 Å². The third kappa shape index (κ3) is 8.50. The van der Waals surface area contributed by atoms with E-state index >= 15 is 0 Å². The number of amides is 3. The highest BCUT2D eigenvalue weighted by molar-refractivity contribution is 5.94. The highest BCUT2D eigenvalue weighted by Gasteiger charge is 2.43. The number of likely N-dealkylation sites (tertiary alicyclic amines) is 2. The molecule has 2 aromatic carbocycles. The van der Waals surface area contributed by atoms with Crippen LogP contribution in [0, 0.1) is 0 Å². The summed E-state index contributed by atoms with van der Waals surface area (Å²) < 4.78 is 0. The van der Waals surface area contributed by atoms with Gasteiger partial charge in [-0.05, 0) is 48.8 Å². The Morgan fingerprint density at radius 2 is 1.47 bits per heavy atom. The second kappa shape index (κ2) is 14.9. The summed E-state index contributed by atoms with van der Waals surface area (Å²) in [5, 5.41) is 12.5. The Balaban J connectivity index is 1.42. The first-order chi connectivity index (χ1) is 20.7. The van der Waals surface area contributed by atoms with E-state index in [1.54, 1.807) is 0 Å². The van der Waals surface area contributed by atoms with E-state index in [-0.39, 0.29) is 36.3 Å². The van der Waals surface area contributed by atoms with Gasteiger partial charge in [0, 0.05) is 44.8 Å². The number of ketones is 1. The molecule has 4 atom stereocenters. The Morgan fingerprint density at radius 1 is 0.860 bits per heavy atom. The number of aliphatic carboxylic acids is 1. The van der Waals surface area contributed by atoms with Crippen molar-refractivity contribution < 1.29 is 29.1 Å². The average molecular weight is 591 g/mol. The van der Waals surface area contributed by atoms with Crippen LogP contribution in [-0.2, 0) is 43.2 Å². The van der Waals surface area contributed by atoms with Crippen LogP contribution >= 0.6 is 0 Å². The molecule has 0 saturated carbocycles. The lowest BCUT2D eigenvalue weighted by atomic mass is 10.00. The van der Waals surface area contributed by atoms with Gasteiger partial charge in [0.1, 0.15) is 23.9 Å². The summed E-state index contributed by atoms with van der Waals surface area (Å²) >= 11 is 0. The van der Waals surface area contributed by atoms with Gasteiger partial charge in [0.05, 0.1) is 0 Å². The smallest absolute Gasteiger partial charge is 0.326 e. The molecular weight excluding hydrogens is 548 g/mol. The number of carbonyl (C=O) groups excluding carboxylic acids is 4. The lowest BCUT2D eigenvalue weighted by molar-refractivity contribution is -0.152. The van der Waals surface area contributed by atoms with E-state index in [2.05, 4.69) is 5.32 Å². The maximum atomic E-state index is 13.9. The Morgan fingerprint density at radius 3 is 2.12 bits per heavy atom. The van der Waals surface area contributed by atoms with Crippen molar-refractivity contribution >= 4 is 29.5 Å². The molecule has 230 valence electrons. The molecule has 4 rings (SSSR count). The number of carbonyl (C=O) groups is 5. The van der Waals surface area contributed by atoms with Gasteiger partial charge in [-0.25, -0.2) is 4.79 Å². The maximum absolute atomic E-state index is 13.9. The monoisotopic (exact) mass is 590 g/mol. The van der Waals surface area contributed by atoms with Gasteiger partial charge in [-0.1, -0.05) is 61.5 Å². The first-order valence-electron chi connectivity index (χ1n) is 15.2. The largest absolute Gasteiger partial charge is 0.480 e. The van der Waals surface area contributed by atoms with E-state index < -0.39 is 30.1 Å². The first-order valence-corrected chi connectivity index (χ1v) is 15.2. The quantitative estimate of drug-likeness (QED) is 0.324. The summed E-state index contributed by atoms with van der Waals surface area (Å²) in [6.07, 6.45) is 3.68. The van der Waals surface area contributed by atoms with Gasteiger partial charge < -0.3 is 26.0 Å². The van der Waals surface area contributed by atoms with Crippen LogP contribution in [0.2, 0.25) is 0 Å². The van der Waals surface area contributed by atoms with E-state index in [1.807, 2.05) is 61.5 Å². The van der Waals surface area contributed by atoms with Gasteiger partial charge in [-0.2, -0.15) is 0 Å². The van der Waals surface area contributed by atoms with Crippen molar-refractivity contribution in [2.75, 3.05) is 13.1 Å². The lowest BCUT2D eigenvalue weighted by Crippen LogP contribution is -2.56. The molecule has 0 radical (unpaired) electrons. The average Bonchev–Trinajstić information content (AvgIpc) is 3.68. The van der Waals surface area contributed by atoms with E-state index in [1.165, 1.54) is 9.80 Å². The minimum atomic E-state index is -1.03. The van der Waals surface area contributed by atoms with Crippen molar-refractivity contribution in [2.24, 2.45) is 5.73 Å². The Kier molecular flexibility index (Phi) is 11.1. The third-order valence-corrected chi connectivity index (χ3v) is 8.32. The molecule has 0 unspecified atom stereocenters. The number of carboxylic acid groups (broad SMARTS) is 1. The molecule has 0 bridgehead atoms. The fraction of sp³-hybridized carbons (Fsp3) is 0.485. The molecule has 2 aliphatic heterocycles. The van der Waals surface area contributed by atoms with Crippen LogP contribution in [0.1, 0.15) is 62.1 Å². The zero-order valence-corrected chi connectivity index (χ0v) is 24.7. The Hall–Kier alpha value is -4.05. The van der Waals surface area contributed by atoms with E-state index in [9.17, 15) is 29.1 Å². The molecular formula is C33H42N4O6. The second-order valence-electron chi connectivity index (χ2n) is 11.6. The number of hydrogen-bond donors (Lipinski definition) is 3. The van der Waals surface area contributed by atoms with Crippen molar-refractivity contribution in [2.45, 2.75) is 88.9 Å². The molecule has 2 aromatic rings. The Bertz CT molecular complexity index is 1300.